The van der Waals surface area contributed by atoms with Crippen molar-refractivity contribution in [2.24, 2.45) is 0 Å². The molecule has 0 rings (SSSR count). The molecule has 0 atom stereocenters. The summed E-state index contributed by atoms with van der Waals surface area (Å²) < 4.78 is 0. The first-order chi connectivity index (χ1) is 4.85. The van der Waals surface area contributed by atoms with Crippen LogP contribution in [0.5, 0.6) is 0 Å². The zero-order chi connectivity index (χ0) is 7.82. The maximum atomic E-state index is 3.41. The van der Waals surface area contributed by atoms with Crippen molar-refractivity contribution in [2.75, 3.05) is 6.54 Å². The van der Waals surface area contributed by atoms with Gasteiger partial charge >= 0.3 is 0 Å². The molecule has 0 bridgehead atoms. The Morgan fingerprint density at radius 3 is 2.30 bits per heavy atom. The summed E-state index contributed by atoms with van der Waals surface area (Å²) in [6.45, 7) is 7.76. The number of hydrogen-bond acceptors (Lipinski definition) is 1. The highest BCUT2D eigenvalue weighted by Crippen LogP contribution is 2.02. The molecule has 0 saturated carbocycles. The van der Waals surface area contributed by atoms with Gasteiger partial charge in [0.25, 0.3) is 0 Å². The minimum atomic E-state index is -0.0702. The average Bonchev–Trinajstić information content (AvgIpc) is 1.99. The molecule has 0 aromatic rings. The number of nitrogens with one attached hydrogen (secondary N) is 1. The quantitative estimate of drug-likeness (QED) is 0.470. The number of allylic oxidation sites excluding steroid dienone is 1. The van der Waals surface area contributed by atoms with Crippen molar-refractivity contribution in [3.8, 4) is 0 Å². The van der Waals surface area contributed by atoms with Crippen molar-refractivity contribution in [2.45, 2.75) is 33.6 Å². The van der Waals surface area contributed by atoms with Crippen LogP contribution in [0.4, 0.5) is 0 Å². The van der Waals surface area contributed by atoms with Gasteiger partial charge in [-0.2, -0.15) is 0 Å². The Bertz CT molecular complexity index is 93.4. The fourth-order valence-electron chi connectivity index (χ4n) is 0.900. The lowest BCUT2D eigenvalue weighted by atomic mass is 10.2. The van der Waals surface area contributed by atoms with E-state index < -0.39 is 0 Å². The maximum Gasteiger partial charge on any atom is 0.116 e. The first-order valence-corrected chi connectivity index (χ1v) is 5.76. The summed E-state index contributed by atoms with van der Waals surface area (Å²) in [7, 11) is -0.0702. The minimum Gasteiger partial charge on any atom is -0.339 e. The van der Waals surface area contributed by atoms with Gasteiger partial charge in [-0.05, 0) is 19.4 Å². The van der Waals surface area contributed by atoms with Crippen molar-refractivity contribution < 1.29 is 0 Å². The minimum absolute atomic E-state index is 0.0702. The van der Waals surface area contributed by atoms with Crippen LogP contribution < -0.4 is 4.98 Å². The van der Waals surface area contributed by atoms with Crippen LogP contribution >= 0.6 is 0 Å². The van der Waals surface area contributed by atoms with E-state index in [4.69, 9.17) is 0 Å². The molecule has 0 aliphatic heterocycles. The fraction of sp³-hybridized carbons (Fsp3) is 0.750. The zero-order valence-electron chi connectivity index (χ0n) is 7.41. The van der Waals surface area contributed by atoms with E-state index in [0.29, 0.717) is 0 Å². The van der Waals surface area contributed by atoms with Crippen LogP contribution in [-0.4, -0.2) is 16.2 Å². The molecule has 0 unspecified atom stereocenters. The highest BCUT2D eigenvalue weighted by molar-refractivity contribution is 6.39. The van der Waals surface area contributed by atoms with Crippen LogP contribution in [0, 0.1) is 0 Å². The Hall–Kier alpha value is -0.0831. The summed E-state index contributed by atoms with van der Waals surface area (Å²) in [6.07, 6.45) is 2.46. The molecule has 0 saturated heterocycles. The molecular weight excluding hydrogens is 138 g/mol. The van der Waals surface area contributed by atoms with Gasteiger partial charge in [0.05, 0.1) is 0 Å². The van der Waals surface area contributed by atoms with Crippen LogP contribution in [0.1, 0.15) is 33.6 Å². The third-order valence-electron chi connectivity index (χ3n) is 1.69. The molecule has 0 aromatic carbocycles. The van der Waals surface area contributed by atoms with E-state index in [-0.39, 0.29) is 9.68 Å². The second-order valence-electron chi connectivity index (χ2n) is 2.38. The lowest BCUT2D eigenvalue weighted by Gasteiger charge is -1.99. The SMILES string of the molecule is CCN[SiH2]C=C(CC)CC. The summed E-state index contributed by atoms with van der Waals surface area (Å²) in [5, 5.41) is 0. The number of rotatable bonds is 5. The van der Waals surface area contributed by atoms with E-state index in [1.807, 2.05) is 0 Å². The van der Waals surface area contributed by atoms with Gasteiger partial charge in [0.15, 0.2) is 0 Å². The van der Waals surface area contributed by atoms with Crippen LogP contribution in [0.15, 0.2) is 11.3 Å². The van der Waals surface area contributed by atoms with E-state index >= 15 is 0 Å². The number of hydrogen-bond donors (Lipinski definition) is 1. The molecular formula is C8H19NSi. The molecule has 2 heteroatoms. The fourth-order valence-corrected chi connectivity index (χ4v) is 2.20. The molecule has 0 aliphatic rings. The van der Waals surface area contributed by atoms with Crippen LogP contribution in [0.25, 0.3) is 0 Å². The largest absolute Gasteiger partial charge is 0.339 e. The molecule has 1 N–H and O–H groups in total. The molecule has 60 valence electrons. The van der Waals surface area contributed by atoms with E-state index in [9.17, 15) is 0 Å². The molecule has 0 amide bonds. The van der Waals surface area contributed by atoms with E-state index in [2.05, 4.69) is 31.5 Å². The van der Waals surface area contributed by atoms with Crippen molar-refractivity contribution in [3.05, 3.63) is 11.3 Å². The zero-order valence-corrected chi connectivity index (χ0v) is 8.82. The summed E-state index contributed by atoms with van der Waals surface area (Å²) >= 11 is 0. The molecule has 0 radical (unpaired) electrons. The van der Waals surface area contributed by atoms with Gasteiger partial charge in [0, 0.05) is 0 Å². The van der Waals surface area contributed by atoms with E-state index in [1.54, 1.807) is 5.57 Å². The van der Waals surface area contributed by atoms with Crippen molar-refractivity contribution >= 4 is 9.68 Å². The highest BCUT2D eigenvalue weighted by atomic mass is 28.2. The van der Waals surface area contributed by atoms with Gasteiger partial charge in [-0.3, -0.25) is 0 Å². The second kappa shape index (κ2) is 7.03. The summed E-state index contributed by atoms with van der Waals surface area (Å²) in [6, 6.07) is 0. The molecule has 0 aliphatic carbocycles. The van der Waals surface area contributed by atoms with Crippen molar-refractivity contribution in [1.29, 1.82) is 0 Å². The second-order valence-corrected chi connectivity index (χ2v) is 3.69. The smallest absolute Gasteiger partial charge is 0.116 e. The van der Waals surface area contributed by atoms with E-state index in [0.717, 1.165) is 6.54 Å². The van der Waals surface area contributed by atoms with Gasteiger partial charge in [0.2, 0.25) is 0 Å². The Labute approximate surface area is 66.8 Å². The van der Waals surface area contributed by atoms with Gasteiger partial charge < -0.3 is 4.98 Å². The van der Waals surface area contributed by atoms with Gasteiger partial charge in [-0.15, -0.1) is 0 Å². The highest BCUT2D eigenvalue weighted by Gasteiger charge is 1.87. The maximum absolute atomic E-state index is 3.41. The molecule has 0 heterocycles. The predicted molar refractivity (Wildman–Crippen MR) is 50.9 cm³/mol. The third kappa shape index (κ3) is 4.76. The topological polar surface area (TPSA) is 12.0 Å². The standard InChI is InChI=1S/C8H19NSi/c1-4-8(5-2)7-10-9-6-3/h7,9H,4-6,10H2,1-3H3. The predicted octanol–water partition coefficient (Wildman–Crippen LogP) is 1.38. The van der Waals surface area contributed by atoms with Gasteiger partial charge in [-0.1, -0.05) is 32.0 Å². The summed E-state index contributed by atoms with van der Waals surface area (Å²) in [5.74, 6) is 0. The lowest BCUT2D eigenvalue weighted by Crippen LogP contribution is -2.16. The molecule has 0 fully saturated rings. The monoisotopic (exact) mass is 157 g/mol. The van der Waals surface area contributed by atoms with E-state index in [1.165, 1.54) is 12.8 Å². The third-order valence-corrected chi connectivity index (χ3v) is 3.26. The molecule has 10 heavy (non-hydrogen) atoms. The molecule has 1 nitrogen and oxygen atoms in total. The van der Waals surface area contributed by atoms with Gasteiger partial charge in [-0.25, -0.2) is 0 Å². The molecule has 0 aromatic heterocycles. The van der Waals surface area contributed by atoms with Gasteiger partial charge in [0.1, 0.15) is 9.68 Å². The Morgan fingerprint density at radius 1 is 1.30 bits per heavy atom. The van der Waals surface area contributed by atoms with Crippen molar-refractivity contribution in [3.63, 3.8) is 0 Å². The first-order valence-electron chi connectivity index (χ1n) is 4.23. The van der Waals surface area contributed by atoms with Crippen molar-refractivity contribution in [1.82, 2.24) is 4.98 Å². The Morgan fingerprint density at radius 2 is 1.90 bits per heavy atom. The normalized spacial score (nSPS) is 10.7. The lowest BCUT2D eigenvalue weighted by molar-refractivity contribution is 0.973. The van der Waals surface area contributed by atoms with Crippen LogP contribution in [0.3, 0.4) is 0 Å². The van der Waals surface area contributed by atoms with Crippen LogP contribution in [0.2, 0.25) is 0 Å². The summed E-state index contributed by atoms with van der Waals surface area (Å²) in [4.78, 5) is 3.41. The first kappa shape index (κ1) is 9.92. The summed E-state index contributed by atoms with van der Waals surface area (Å²) in [5.41, 5.74) is 4.05. The Balaban J connectivity index is 3.43. The Kier molecular flexibility index (Phi) is 6.97. The van der Waals surface area contributed by atoms with Crippen LogP contribution in [-0.2, 0) is 0 Å². The molecule has 0 spiro atoms. The average molecular weight is 157 g/mol.